The Morgan fingerprint density at radius 1 is 1.19 bits per heavy atom. The van der Waals surface area contributed by atoms with E-state index in [0.717, 1.165) is 42.7 Å². The molecule has 1 saturated heterocycles. The normalized spacial score (nSPS) is 17.5. The lowest BCUT2D eigenvalue weighted by Gasteiger charge is -2.23. The van der Waals surface area contributed by atoms with Crippen molar-refractivity contribution in [3.05, 3.63) is 23.8 Å². The Kier molecular flexibility index (Phi) is 6.65. The second-order valence-corrected chi connectivity index (χ2v) is 5.15. The first kappa shape index (κ1) is 17.5. The third kappa shape index (κ3) is 4.72. The van der Waals surface area contributed by atoms with Crippen LogP contribution in [0.2, 0.25) is 0 Å². The fourth-order valence-electron chi connectivity index (χ4n) is 2.39. The topological polar surface area (TPSA) is 70.2 Å². The summed E-state index contributed by atoms with van der Waals surface area (Å²) in [4.78, 5) is 23.3. The monoisotopic (exact) mass is 311 g/mol. The van der Waals surface area contributed by atoms with E-state index in [-0.39, 0.29) is 30.3 Å². The van der Waals surface area contributed by atoms with E-state index in [1.54, 1.807) is 0 Å². The van der Waals surface area contributed by atoms with Gasteiger partial charge >= 0.3 is 0 Å². The number of hydrogen-bond acceptors (Lipinski definition) is 3. The second kappa shape index (κ2) is 8.00. The molecule has 1 aliphatic heterocycles. The van der Waals surface area contributed by atoms with E-state index in [4.69, 9.17) is 0 Å². The highest BCUT2D eigenvalue weighted by molar-refractivity contribution is 5.97. The summed E-state index contributed by atoms with van der Waals surface area (Å²) in [5.41, 5.74) is 2.34. The van der Waals surface area contributed by atoms with Crippen molar-refractivity contribution in [2.24, 2.45) is 0 Å². The van der Waals surface area contributed by atoms with Gasteiger partial charge < -0.3 is 16.0 Å². The molecule has 3 N–H and O–H groups in total. The molecule has 1 aromatic carbocycles. The van der Waals surface area contributed by atoms with Crippen LogP contribution < -0.4 is 16.0 Å². The Hall–Kier alpha value is -1.59. The van der Waals surface area contributed by atoms with Gasteiger partial charge in [0, 0.05) is 18.3 Å². The van der Waals surface area contributed by atoms with Crippen molar-refractivity contribution in [3.8, 4) is 0 Å². The molecule has 116 valence electrons. The summed E-state index contributed by atoms with van der Waals surface area (Å²) in [6, 6.07) is 5.38. The summed E-state index contributed by atoms with van der Waals surface area (Å²) >= 11 is 0. The maximum atomic E-state index is 12.2. The van der Waals surface area contributed by atoms with Gasteiger partial charge in [-0.3, -0.25) is 9.59 Å². The minimum Gasteiger partial charge on any atom is -0.326 e. The minimum atomic E-state index is -0.120. The molecule has 0 spiro atoms. The number of anilines is 2. The average molecular weight is 312 g/mol. The summed E-state index contributed by atoms with van der Waals surface area (Å²) in [6.07, 6.45) is 3.08. The maximum Gasteiger partial charge on any atom is 0.241 e. The molecule has 0 radical (unpaired) electrons. The zero-order valence-corrected chi connectivity index (χ0v) is 13.2. The summed E-state index contributed by atoms with van der Waals surface area (Å²) < 4.78 is 0. The number of piperidine rings is 1. The van der Waals surface area contributed by atoms with Gasteiger partial charge in [-0.1, -0.05) is 12.5 Å². The minimum absolute atomic E-state index is 0. The molecule has 1 heterocycles. The predicted molar refractivity (Wildman–Crippen MR) is 87.0 cm³/mol. The van der Waals surface area contributed by atoms with Crippen molar-refractivity contribution in [2.45, 2.75) is 39.2 Å². The molecule has 2 amide bonds. The third-order valence-electron chi connectivity index (χ3n) is 3.53. The smallest absolute Gasteiger partial charge is 0.241 e. The van der Waals surface area contributed by atoms with Crippen LogP contribution in [0.5, 0.6) is 0 Å². The molecular weight excluding hydrogens is 290 g/mol. The highest BCUT2D eigenvalue weighted by Crippen LogP contribution is 2.23. The van der Waals surface area contributed by atoms with Crippen LogP contribution in [0.3, 0.4) is 0 Å². The Morgan fingerprint density at radius 3 is 2.43 bits per heavy atom. The molecule has 6 heteroatoms. The summed E-state index contributed by atoms with van der Waals surface area (Å²) in [6.45, 7) is 4.24. The highest BCUT2D eigenvalue weighted by Gasteiger charge is 2.21. The van der Waals surface area contributed by atoms with Gasteiger partial charge in [-0.25, -0.2) is 0 Å². The molecule has 1 unspecified atom stereocenters. The Balaban J connectivity index is 0.00000220. The standard InChI is InChI=1S/C15H21N3O2.ClH/c1-10-12(17-11(2)19)7-5-8-13(10)18-15(20)14-6-3-4-9-16-14;/h5,7-8,14,16H,3-4,6,9H2,1-2H3,(H,17,19)(H,18,20);1H. The van der Waals surface area contributed by atoms with Crippen molar-refractivity contribution in [1.29, 1.82) is 0 Å². The lowest BCUT2D eigenvalue weighted by molar-refractivity contribution is -0.118. The fourth-order valence-corrected chi connectivity index (χ4v) is 2.39. The van der Waals surface area contributed by atoms with Gasteiger partial charge in [0.2, 0.25) is 11.8 Å². The van der Waals surface area contributed by atoms with E-state index in [1.165, 1.54) is 6.92 Å². The van der Waals surface area contributed by atoms with Crippen molar-refractivity contribution in [2.75, 3.05) is 17.2 Å². The number of hydrogen-bond donors (Lipinski definition) is 3. The van der Waals surface area contributed by atoms with Gasteiger partial charge in [-0.05, 0) is 44.0 Å². The van der Waals surface area contributed by atoms with E-state index >= 15 is 0 Å². The van der Waals surface area contributed by atoms with Crippen LogP contribution in [0.4, 0.5) is 11.4 Å². The van der Waals surface area contributed by atoms with Crippen LogP contribution in [0.1, 0.15) is 31.7 Å². The first-order valence-corrected chi connectivity index (χ1v) is 6.99. The van der Waals surface area contributed by atoms with Gasteiger partial charge in [0.1, 0.15) is 0 Å². The zero-order valence-electron chi connectivity index (χ0n) is 12.4. The molecule has 1 aliphatic rings. The first-order valence-electron chi connectivity index (χ1n) is 6.99. The third-order valence-corrected chi connectivity index (χ3v) is 3.53. The second-order valence-electron chi connectivity index (χ2n) is 5.15. The van der Waals surface area contributed by atoms with Crippen LogP contribution in [0, 0.1) is 6.92 Å². The maximum absolute atomic E-state index is 12.2. The predicted octanol–water partition coefficient (Wildman–Crippen LogP) is 2.46. The van der Waals surface area contributed by atoms with Crippen molar-refractivity contribution < 1.29 is 9.59 Å². The quantitative estimate of drug-likeness (QED) is 0.803. The summed E-state index contributed by atoms with van der Waals surface area (Å²) in [7, 11) is 0. The van der Waals surface area contributed by atoms with Gasteiger partial charge in [-0.2, -0.15) is 0 Å². The lowest BCUT2D eigenvalue weighted by Crippen LogP contribution is -2.43. The van der Waals surface area contributed by atoms with E-state index in [9.17, 15) is 9.59 Å². The number of benzene rings is 1. The van der Waals surface area contributed by atoms with Crippen LogP contribution in [0.15, 0.2) is 18.2 Å². The summed E-state index contributed by atoms with van der Waals surface area (Å²) in [5, 5.41) is 8.92. The first-order chi connectivity index (χ1) is 9.58. The molecule has 2 rings (SSSR count). The van der Waals surface area contributed by atoms with E-state index in [2.05, 4.69) is 16.0 Å². The largest absolute Gasteiger partial charge is 0.326 e. The van der Waals surface area contributed by atoms with Gasteiger partial charge in [0.15, 0.2) is 0 Å². The summed E-state index contributed by atoms with van der Waals surface area (Å²) in [5.74, 6) is -0.127. The van der Waals surface area contributed by atoms with E-state index < -0.39 is 0 Å². The number of halogens is 1. The van der Waals surface area contributed by atoms with E-state index in [1.807, 2.05) is 25.1 Å². The van der Waals surface area contributed by atoms with Crippen molar-refractivity contribution in [1.82, 2.24) is 5.32 Å². The van der Waals surface area contributed by atoms with Crippen LogP contribution in [-0.4, -0.2) is 24.4 Å². The number of amides is 2. The Labute approximate surface area is 131 Å². The average Bonchev–Trinajstić information content (AvgIpc) is 2.43. The van der Waals surface area contributed by atoms with Crippen LogP contribution in [0.25, 0.3) is 0 Å². The number of carbonyl (C=O) groups excluding carboxylic acids is 2. The molecule has 0 aromatic heterocycles. The van der Waals surface area contributed by atoms with Crippen LogP contribution >= 0.6 is 12.4 Å². The van der Waals surface area contributed by atoms with Crippen molar-refractivity contribution >= 4 is 35.6 Å². The molecule has 21 heavy (non-hydrogen) atoms. The van der Waals surface area contributed by atoms with Gasteiger partial charge in [-0.15, -0.1) is 12.4 Å². The Morgan fingerprint density at radius 2 is 1.86 bits per heavy atom. The molecule has 1 atom stereocenters. The highest BCUT2D eigenvalue weighted by atomic mass is 35.5. The van der Waals surface area contributed by atoms with E-state index in [0.29, 0.717) is 0 Å². The van der Waals surface area contributed by atoms with Crippen LogP contribution in [-0.2, 0) is 9.59 Å². The zero-order chi connectivity index (χ0) is 14.5. The molecule has 0 bridgehead atoms. The number of nitrogens with one attached hydrogen (secondary N) is 3. The fraction of sp³-hybridized carbons (Fsp3) is 0.467. The molecule has 5 nitrogen and oxygen atoms in total. The molecule has 1 aromatic rings. The molecule has 0 saturated carbocycles. The number of rotatable bonds is 3. The van der Waals surface area contributed by atoms with Gasteiger partial charge in [0.25, 0.3) is 0 Å². The SMILES string of the molecule is CC(=O)Nc1cccc(NC(=O)C2CCCCN2)c1C.Cl. The molecular formula is C15H22ClN3O2. The van der Waals surface area contributed by atoms with Crippen molar-refractivity contribution in [3.63, 3.8) is 0 Å². The molecule has 0 aliphatic carbocycles. The molecule has 1 fully saturated rings. The number of carbonyl (C=O) groups is 2. The van der Waals surface area contributed by atoms with Gasteiger partial charge in [0.05, 0.1) is 6.04 Å². The lowest BCUT2D eigenvalue weighted by atomic mass is 10.0. The Bertz CT molecular complexity index is 514.